The van der Waals surface area contributed by atoms with Crippen LogP contribution in [0.5, 0.6) is 0 Å². The summed E-state index contributed by atoms with van der Waals surface area (Å²) in [4.78, 5) is 26.9. The van der Waals surface area contributed by atoms with Crippen LogP contribution in [-0.4, -0.2) is 51.7 Å². The fourth-order valence-corrected chi connectivity index (χ4v) is 4.07. The Morgan fingerprint density at radius 3 is 2.86 bits per heavy atom. The van der Waals surface area contributed by atoms with Crippen molar-refractivity contribution in [2.45, 2.75) is 44.1 Å². The van der Waals surface area contributed by atoms with Crippen molar-refractivity contribution < 1.29 is 14.3 Å². The van der Waals surface area contributed by atoms with Crippen molar-refractivity contribution in [3.8, 4) is 0 Å². The molecule has 1 aromatic heterocycles. The number of piperidine rings is 1. The number of hydrogen-bond donors (Lipinski definition) is 0. The molecule has 22 heavy (non-hydrogen) atoms. The first-order chi connectivity index (χ1) is 10.6. The fourth-order valence-electron chi connectivity index (χ4n) is 4.07. The van der Waals surface area contributed by atoms with Gasteiger partial charge in [0.15, 0.2) is 11.5 Å². The molecule has 0 radical (unpaired) electrons. The molecule has 2 fully saturated rings. The molecule has 6 nitrogen and oxygen atoms in total. The van der Waals surface area contributed by atoms with E-state index in [1.54, 1.807) is 4.90 Å². The summed E-state index contributed by atoms with van der Waals surface area (Å²) in [5.74, 6) is -0.0443. The van der Waals surface area contributed by atoms with E-state index in [4.69, 9.17) is 4.74 Å². The summed E-state index contributed by atoms with van der Waals surface area (Å²) >= 11 is 0. The lowest BCUT2D eigenvalue weighted by Gasteiger charge is -2.36. The predicted molar refractivity (Wildman–Crippen MR) is 78.7 cm³/mol. The number of nitrogens with zero attached hydrogens (tertiary/aromatic N) is 3. The van der Waals surface area contributed by atoms with Gasteiger partial charge in [0.25, 0.3) is 5.91 Å². The summed E-state index contributed by atoms with van der Waals surface area (Å²) in [6, 6.07) is 0. The van der Waals surface area contributed by atoms with Crippen LogP contribution in [0.3, 0.4) is 0 Å². The molecule has 3 heterocycles. The van der Waals surface area contributed by atoms with Crippen LogP contribution < -0.4 is 0 Å². The number of amides is 1. The molecular formula is C16H21N3O3. The highest BCUT2D eigenvalue weighted by molar-refractivity contribution is 5.99. The average molecular weight is 303 g/mol. The topological polar surface area (TPSA) is 64.4 Å². The Kier molecular flexibility index (Phi) is 3.11. The van der Waals surface area contributed by atoms with Crippen molar-refractivity contribution >= 4 is 11.7 Å². The molecule has 6 heteroatoms. The molecule has 118 valence electrons. The third-order valence-electron chi connectivity index (χ3n) is 5.34. The SMILES string of the molecule is Cn1nc(C(=O)N2CC[C@@]3(CCCO3)C(=O)C2)c2c1CCC2. The van der Waals surface area contributed by atoms with Gasteiger partial charge < -0.3 is 9.64 Å². The van der Waals surface area contributed by atoms with Crippen LogP contribution in [0, 0.1) is 0 Å². The van der Waals surface area contributed by atoms with E-state index in [-0.39, 0.29) is 18.2 Å². The van der Waals surface area contributed by atoms with Crippen molar-refractivity contribution in [1.82, 2.24) is 14.7 Å². The third kappa shape index (κ3) is 1.93. The zero-order chi connectivity index (χ0) is 15.3. The maximum atomic E-state index is 12.8. The summed E-state index contributed by atoms with van der Waals surface area (Å²) in [6.07, 6.45) is 5.34. The molecule has 0 unspecified atom stereocenters. The lowest BCUT2D eigenvalue weighted by Crippen LogP contribution is -2.54. The van der Waals surface area contributed by atoms with Crippen molar-refractivity contribution in [1.29, 1.82) is 0 Å². The molecule has 3 aliphatic rings. The molecule has 2 saturated heterocycles. The number of rotatable bonds is 1. The van der Waals surface area contributed by atoms with Gasteiger partial charge in [-0.05, 0) is 32.1 Å². The standard InChI is InChI=1S/C16H21N3O3/c1-18-12-5-2-4-11(12)14(17-18)15(21)19-8-7-16(13(20)10-19)6-3-9-22-16/h2-10H2,1H3/t16-/m0/s1. The Hall–Kier alpha value is -1.69. The van der Waals surface area contributed by atoms with Gasteiger partial charge in [-0.2, -0.15) is 5.10 Å². The van der Waals surface area contributed by atoms with E-state index in [0.29, 0.717) is 25.3 Å². The molecule has 0 bridgehead atoms. The van der Waals surface area contributed by atoms with Gasteiger partial charge in [-0.25, -0.2) is 0 Å². The van der Waals surface area contributed by atoms with E-state index in [2.05, 4.69) is 5.10 Å². The van der Waals surface area contributed by atoms with Crippen LogP contribution in [0.4, 0.5) is 0 Å². The monoisotopic (exact) mass is 303 g/mol. The Morgan fingerprint density at radius 2 is 2.14 bits per heavy atom. The van der Waals surface area contributed by atoms with E-state index in [1.165, 1.54) is 5.69 Å². The number of hydrogen-bond acceptors (Lipinski definition) is 4. The number of ether oxygens (including phenoxy) is 1. The summed E-state index contributed by atoms with van der Waals surface area (Å²) in [7, 11) is 1.89. The van der Waals surface area contributed by atoms with Crippen LogP contribution in [0.25, 0.3) is 0 Å². The zero-order valence-corrected chi connectivity index (χ0v) is 12.9. The maximum Gasteiger partial charge on any atom is 0.275 e. The fraction of sp³-hybridized carbons (Fsp3) is 0.688. The normalized spacial score (nSPS) is 27.7. The maximum absolute atomic E-state index is 12.8. The van der Waals surface area contributed by atoms with Crippen molar-refractivity contribution in [2.75, 3.05) is 19.7 Å². The summed E-state index contributed by atoms with van der Waals surface area (Å²) in [5, 5.41) is 4.40. The summed E-state index contributed by atoms with van der Waals surface area (Å²) < 4.78 is 7.52. The van der Waals surface area contributed by atoms with Gasteiger partial charge in [-0.15, -0.1) is 0 Å². The number of carbonyl (C=O) groups is 2. The molecule has 1 atom stereocenters. The van der Waals surface area contributed by atoms with E-state index in [0.717, 1.165) is 37.7 Å². The van der Waals surface area contributed by atoms with E-state index in [9.17, 15) is 9.59 Å². The number of aromatic nitrogens is 2. The Labute approximate surface area is 129 Å². The van der Waals surface area contributed by atoms with Gasteiger partial charge in [0.2, 0.25) is 0 Å². The van der Waals surface area contributed by atoms with Crippen molar-refractivity contribution in [3.05, 3.63) is 17.0 Å². The van der Waals surface area contributed by atoms with Gasteiger partial charge in [-0.3, -0.25) is 14.3 Å². The molecule has 0 saturated carbocycles. The highest BCUT2D eigenvalue weighted by Gasteiger charge is 2.47. The number of carbonyl (C=O) groups excluding carboxylic acids is 2. The van der Waals surface area contributed by atoms with E-state index >= 15 is 0 Å². The highest BCUT2D eigenvalue weighted by Crippen LogP contribution is 2.34. The highest BCUT2D eigenvalue weighted by atomic mass is 16.5. The molecule has 1 spiro atoms. The van der Waals surface area contributed by atoms with Gasteiger partial charge in [-0.1, -0.05) is 0 Å². The first-order valence-corrected chi connectivity index (χ1v) is 8.12. The number of fused-ring (bicyclic) bond motifs is 1. The molecule has 2 aliphatic heterocycles. The molecule has 1 aliphatic carbocycles. The minimum absolute atomic E-state index is 0.0529. The second-order valence-corrected chi connectivity index (χ2v) is 6.60. The first-order valence-electron chi connectivity index (χ1n) is 8.12. The largest absolute Gasteiger partial charge is 0.367 e. The minimum Gasteiger partial charge on any atom is -0.367 e. The smallest absolute Gasteiger partial charge is 0.275 e. The molecular weight excluding hydrogens is 282 g/mol. The number of Topliss-reactive ketones (excluding diaryl/α,β-unsaturated/α-hetero) is 1. The van der Waals surface area contributed by atoms with Gasteiger partial charge >= 0.3 is 0 Å². The molecule has 1 aromatic rings. The van der Waals surface area contributed by atoms with Crippen LogP contribution in [0.2, 0.25) is 0 Å². The second-order valence-electron chi connectivity index (χ2n) is 6.60. The zero-order valence-electron chi connectivity index (χ0n) is 12.9. The predicted octanol–water partition coefficient (Wildman–Crippen LogP) is 0.873. The number of likely N-dealkylation sites (tertiary alicyclic amines) is 1. The summed E-state index contributed by atoms with van der Waals surface area (Å²) in [5.41, 5.74) is 2.19. The lowest BCUT2D eigenvalue weighted by atomic mass is 9.87. The van der Waals surface area contributed by atoms with Crippen LogP contribution in [-0.2, 0) is 29.4 Å². The van der Waals surface area contributed by atoms with Crippen LogP contribution >= 0.6 is 0 Å². The molecule has 4 rings (SSSR count). The molecule has 1 amide bonds. The van der Waals surface area contributed by atoms with Crippen molar-refractivity contribution in [2.24, 2.45) is 7.05 Å². The van der Waals surface area contributed by atoms with E-state index < -0.39 is 5.60 Å². The minimum atomic E-state index is -0.608. The van der Waals surface area contributed by atoms with Crippen LogP contribution in [0.15, 0.2) is 0 Å². The second kappa shape index (κ2) is 4.91. The number of ketones is 1. The quantitative estimate of drug-likeness (QED) is 0.772. The third-order valence-corrected chi connectivity index (χ3v) is 5.34. The molecule has 0 N–H and O–H groups in total. The lowest BCUT2D eigenvalue weighted by molar-refractivity contribution is -0.144. The summed E-state index contributed by atoms with van der Waals surface area (Å²) in [6.45, 7) is 1.40. The Balaban J connectivity index is 1.55. The first kappa shape index (κ1) is 13.9. The average Bonchev–Trinajstić information content (AvgIpc) is 3.20. The Morgan fingerprint density at radius 1 is 1.27 bits per heavy atom. The van der Waals surface area contributed by atoms with Gasteiger partial charge in [0, 0.05) is 37.9 Å². The number of aryl methyl sites for hydroxylation is 1. The van der Waals surface area contributed by atoms with Crippen molar-refractivity contribution in [3.63, 3.8) is 0 Å². The van der Waals surface area contributed by atoms with Crippen LogP contribution in [0.1, 0.15) is 47.4 Å². The Bertz CT molecular complexity index is 643. The van der Waals surface area contributed by atoms with E-state index in [1.807, 2.05) is 11.7 Å². The molecule has 0 aromatic carbocycles. The van der Waals surface area contributed by atoms with Gasteiger partial charge in [0.05, 0.1) is 6.54 Å². The van der Waals surface area contributed by atoms with Gasteiger partial charge in [0.1, 0.15) is 5.60 Å².